The van der Waals surface area contributed by atoms with Crippen LogP contribution in [0.3, 0.4) is 0 Å². The molecule has 0 bridgehead atoms. The van der Waals surface area contributed by atoms with E-state index in [0.29, 0.717) is 17.7 Å². The van der Waals surface area contributed by atoms with Crippen molar-refractivity contribution >= 4 is 11.9 Å². The standard InChI is InChI=1S/C14H16N2O3/c1-4-11-6-12(8-15-7-11)13(17)16(5-2)9-10(3)14(18)19/h1,6-8,10H,5,9H2,2-3H3,(H,18,19). The van der Waals surface area contributed by atoms with Crippen molar-refractivity contribution in [3.05, 3.63) is 29.6 Å². The van der Waals surface area contributed by atoms with Crippen LogP contribution >= 0.6 is 0 Å². The summed E-state index contributed by atoms with van der Waals surface area (Å²) in [6, 6.07) is 1.57. The molecular weight excluding hydrogens is 244 g/mol. The molecule has 0 aliphatic rings. The zero-order valence-corrected chi connectivity index (χ0v) is 11.0. The van der Waals surface area contributed by atoms with Gasteiger partial charge in [-0.05, 0) is 13.0 Å². The van der Waals surface area contributed by atoms with Gasteiger partial charge in [-0.2, -0.15) is 0 Å². The first-order valence-corrected chi connectivity index (χ1v) is 5.93. The van der Waals surface area contributed by atoms with Crippen LogP contribution in [0.25, 0.3) is 0 Å². The lowest BCUT2D eigenvalue weighted by molar-refractivity contribution is -0.141. The van der Waals surface area contributed by atoms with Gasteiger partial charge in [0.1, 0.15) is 0 Å². The van der Waals surface area contributed by atoms with E-state index in [1.54, 1.807) is 19.9 Å². The Balaban J connectivity index is 2.89. The second-order valence-corrected chi connectivity index (χ2v) is 4.19. The minimum Gasteiger partial charge on any atom is -0.481 e. The largest absolute Gasteiger partial charge is 0.481 e. The zero-order valence-electron chi connectivity index (χ0n) is 11.0. The van der Waals surface area contributed by atoms with Crippen LogP contribution in [0.15, 0.2) is 18.5 Å². The van der Waals surface area contributed by atoms with E-state index >= 15 is 0 Å². The van der Waals surface area contributed by atoms with Gasteiger partial charge in [0.25, 0.3) is 5.91 Å². The number of carbonyl (C=O) groups is 2. The molecule has 1 amide bonds. The highest BCUT2D eigenvalue weighted by Gasteiger charge is 2.20. The molecule has 100 valence electrons. The van der Waals surface area contributed by atoms with Crippen LogP contribution < -0.4 is 0 Å². The molecule has 1 rings (SSSR count). The van der Waals surface area contributed by atoms with Crippen LogP contribution in [-0.4, -0.2) is 40.0 Å². The molecule has 0 spiro atoms. The van der Waals surface area contributed by atoms with Gasteiger partial charge < -0.3 is 10.0 Å². The smallest absolute Gasteiger partial charge is 0.308 e. The highest BCUT2D eigenvalue weighted by Crippen LogP contribution is 2.08. The summed E-state index contributed by atoms with van der Waals surface area (Å²) < 4.78 is 0. The van der Waals surface area contributed by atoms with Crippen LogP contribution in [0, 0.1) is 18.3 Å². The number of terminal acetylenes is 1. The first-order chi connectivity index (χ1) is 8.99. The van der Waals surface area contributed by atoms with Gasteiger partial charge in [-0.15, -0.1) is 6.42 Å². The summed E-state index contributed by atoms with van der Waals surface area (Å²) in [4.78, 5) is 28.4. The molecule has 1 atom stereocenters. The van der Waals surface area contributed by atoms with E-state index in [9.17, 15) is 9.59 Å². The highest BCUT2D eigenvalue weighted by atomic mass is 16.4. The first-order valence-electron chi connectivity index (χ1n) is 5.93. The fourth-order valence-corrected chi connectivity index (χ4v) is 1.58. The van der Waals surface area contributed by atoms with Crippen molar-refractivity contribution in [3.63, 3.8) is 0 Å². The molecule has 19 heavy (non-hydrogen) atoms. The quantitative estimate of drug-likeness (QED) is 0.809. The van der Waals surface area contributed by atoms with Gasteiger partial charge in [-0.25, -0.2) is 0 Å². The highest BCUT2D eigenvalue weighted by molar-refractivity contribution is 5.94. The van der Waals surface area contributed by atoms with Crippen molar-refractivity contribution in [2.45, 2.75) is 13.8 Å². The summed E-state index contributed by atoms with van der Waals surface area (Å²) in [6.07, 6.45) is 8.18. The Hall–Kier alpha value is -2.35. The summed E-state index contributed by atoms with van der Waals surface area (Å²) in [5.74, 6) is 0.600. The fraction of sp³-hybridized carbons (Fsp3) is 0.357. The predicted molar refractivity (Wildman–Crippen MR) is 70.5 cm³/mol. The van der Waals surface area contributed by atoms with Crippen LogP contribution in [0.4, 0.5) is 0 Å². The fourth-order valence-electron chi connectivity index (χ4n) is 1.58. The van der Waals surface area contributed by atoms with E-state index in [-0.39, 0.29) is 12.5 Å². The van der Waals surface area contributed by atoms with E-state index in [2.05, 4.69) is 10.9 Å². The number of carboxylic acids is 1. The van der Waals surface area contributed by atoms with Gasteiger partial charge in [-0.1, -0.05) is 12.8 Å². The van der Waals surface area contributed by atoms with Crippen molar-refractivity contribution in [1.82, 2.24) is 9.88 Å². The van der Waals surface area contributed by atoms with E-state index < -0.39 is 11.9 Å². The molecule has 5 heteroatoms. The Bertz CT molecular complexity index is 520. The third-order valence-corrected chi connectivity index (χ3v) is 2.74. The number of carboxylic acid groups (broad SMARTS) is 1. The number of nitrogens with zero attached hydrogens (tertiary/aromatic N) is 2. The van der Waals surface area contributed by atoms with Gasteiger partial charge in [0.05, 0.1) is 11.5 Å². The maximum atomic E-state index is 12.2. The van der Waals surface area contributed by atoms with Gasteiger partial charge in [0.2, 0.25) is 0 Å². The topological polar surface area (TPSA) is 70.5 Å². The molecule has 1 aromatic rings. The molecule has 0 aliphatic carbocycles. The zero-order chi connectivity index (χ0) is 14.4. The summed E-state index contributed by atoms with van der Waals surface area (Å²) in [6.45, 7) is 3.95. The second kappa shape index (κ2) is 6.55. The molecule has 1 aromatic heterocycles. The summed E-state index contributed by atoms with van der Waals surface area (Å²) in [5.41, 5.74) is 0.892. The van der Waals surface area contributed by atoms with Crippen LogP contribution in [0.1, 0.15) is 29.8 Å². The lowest BCUT2D eigenvalue weighted by atomic mass is 10.1. The third-order valence-electron chi connectivity index (χ3n) is 2.74. The van der Waals surface area contributed by atoms with Crippen LogP contribution in [0.5, 0.6) is 0 Å². The SMILES string of the molecule is C#Cc1cncc(C(=O)N(CC)CC(C)C(=O)O)c1. The molecule has 0 fully saturated rings. The third kappa shape index (κ3) is 3.81. The van der Waals surface area contributed by atoms with Crippen LogP contribution in [-0.2, 0) is 4.79 Å². The Morgan fingerprint density at radius 2 is 2.21 bits per heavy atom. The lowest BCUT2D eigenvalue weighted by Crippen LogP contribution is -2.36. The first kappa shape index (κ1) is 14.7. The average Bonchev–Trinajstić information content (AvgIpc) is 2.43. The van der Waals surface area contributed by atoms with E-state index in [1.807, 2.05) is 0 Å². The molecule has 1 heterocycles. The van der Waals surface area contributed by atoms with Crippen molar-refractivity contribution in [2.75, 3.05) is 13.1 Å². The van der Waals surface area contributed by atoms with Crippen molar-refractivity contribution < 1.29 is 14.7 Å². The van der Waals surface area contributed by atoms with Gasteiger partial charge in [-0.3, -0.25) is 14.6 Å². The predicted octanol–water partition coefficient (Wildman–Crippen LogP) is 1.25. The summed E-state index contributed by atoms with van der Waals surface area (Å²) >= 11 is 0. The number of aromatic nitrogens is 1. The van der Waals surface area contributed by atoms with E-state index in [4.69, 9.17) is 11.5 Å². The Morgan fingerprint density at radius 1 is 1.53 bits per heavy atom. The molecular formula is C14H16N2O3. The maximum Gasteiger partial charge on any atom is 0.308 e. The minimum atomic E-state index is -0.929. The number of aliphatic carboxylic acids is 1. The van der Waals surface area contributed by atoms with Gasteiger partial charge >= 0.3 is 5.97 Å². The molecule has 0 saturated carbocycles. The molecule has 0 aromatic carbocycles. The van der Waals surface area contributed by atoms with Crippen molar-refractivity contribution in [1.29, 1.82) is 0 Å². The van der Waals surface area contributed by atoms with Crippen molar-refractivity contribution in [3.8, 4) is 12.3 Å². The summed E-state index contributed by atoms with van der Waals surface area (Å²) in [5, 5.41) is 8.88. The van der Waals surface area contributed by atoms with E-state index in [0.717, 1.165) is 0 Å². The van der Waals surface area contributed by atoms with Gasteiger partial charge in [0.15, 0.2) is 0 Å². The van der Waals surface area contributed by atoms with E-state index in [1.165, 1.54) is 17.3 Å². The Labute approximate surface area is 112 Å². The number of hydrogen-bond acceptors (Lipinski definition) is 3. The molecule has 1 unspecified atom stereocenters. The normalized spacial score (nSPS) is 11.4. The molecule has 0 radical (unpaired) electrons. The number of amides is 1. The lowest BCUT2D eigenvalue weighted by Gasteiger charge is -2.22. The van der Waals surface area contributed by atoms with Crippen LogP contribution in [0.2, 0.25) is 0 Å². The van der Waals surface area contributed by atoms with Crippen molar-refractivity contribution in [2.24, 2.45) is 5.92 Å². The number of carbonyl (C=O) groups excluding carboxylic acids is 1. The number of rotatable bonds is 5. The molecule has 1 N–H and O–H groups in total. The second-order valence-electron chi connectivity index (χ2n) is 4.19. The maximum absolute atomic E-state index is 12.2. The summed E-state index contributed by atoms with van der Waals surface area (Å²) in [7, 11) is 0. The minimum absolute atomic E-state index is 0.158. The molecule has 0 saturated heterocycles. The molecule has 5 nitrogen and oxygen atoms in total. The number of pyridine rings is 1. The Kier molecular flexibility index (Phi) is 5.07. The van der Waals surface area contributed by atoms with Gasteiger partial charge in [0, 0.05) is 31.0 Å². The molecule has 0 aliphatic heterocycles. The Morgan fingerprint density at radius 3 is 2.74 bits per heavy atom. The number of hydrogen-bond donors (Lipinski definition) is 1. The monoisotopic (exact) mass is 260 g/mol. The average molecular weight is 260 g/mol.